The molecule has 0 saturated carbocycles. The highest BCUT2D eigenvalue weighted by atomic mass is 16.7. The summed E-state index contributed by atoms with van der Waals surface area (Å²) in [6.07, 6.45) is 2.65. The fourth-order valence-electron chi connectivity index (χ4n) is 2.38. The summed E-state index contributed by atoms with van der Waals surface area (Å²) >= 11 is 0. The van der Waals surface area contributed by atoms with E-state index in [-0.39, 0.29) is 6.29 Å². The molecule has 70 valence electrons. The molecule has 2 aliphatic heterocycles. The van der Waals surface area contributed by atoms with Gasteiger partial charge in [-0.3, -0.25) is 0 Å². The highest BCUT2D eigenvalue weighted by molar-refractivity contribution is 4.83. The lowest BCUT2D eigenvalue weighted by Crippen LogP contribution is -2.30. The van der Waals surface area contributed by atoms with Gasteiger partial charge in [0.05, 0.1) is 6.61 Å². The van der Waals surface area contributed by atoms with Gasteiger partial charge in [-0.15, -0.1) is 0 Å². The first-order chi connectivity index (χ1) is 5.79. The molecule has 2 heterocycles. The van der Waals surface area contributed by atoms with Crippen molar-refractivity contribution < 1.29 is 9.47 Å². The minimum absolute atomic E-state index is 0.131. The fourth-order valence-corrected chi connectivity index (χ4v) is 2.38. The maximum absolute atomic E-state index is 5.61. The molecular weight excluding hydrogens is 152 g/mol. The normalized spacial score (nSPS) is 41.8. The van der Waals surface area contributed by atoms with Crippen LogP contribution in [0.15, 0.2) is 0 Å². The van der Waals surface area contributed by atoms with E-state index in [2.05, 4.69) is 13.8 Å². The molecular formula is C10H18O2. The van der Waals surface area contributed by atoms with Crippen molar-refractivity contribution in [1.29, 1.82) is 0 Å². The van der Waals surface area contributed by atoms with Gasteiger partial charge in [-0.05, 0) is 24.7 Å². The molecule has 12 heavy (non-hydrogen) atoms. The van der Waals surface area contributed by atoms with E-state index >= 15 is 0 Å². The summed E-state index contributed by atoms with van der Waals surface area (Å²) in [5, 5.41) is 0. The van der Waals surface area contributed by atoms with Crippen LogP contribution in [0.3, 0.4) is 0 Å². The zero-order valence-electron chi connectivity index (χ0n) is 7.95. The Morgan fingerprint density at radius 3 is 2.83 bits per heavy atom. The molecule has 2 nitrogen and oxygen atoms in total. The van der Waals surface area contributed by atoms with Gasteiger partial charge in [-0.2, -0.15) is 0 Å². The lowest BCUT2D eigenvalue weighted by Gasteiger charge is -2.28. The lowest BCUT2D eigenvalue weighted by molar-refractivity contribution is -0.151. The molecule has 2 rings (SSSR count). The van der Waals surface area contributed by atoms with Gasteiger partial charge >= 0.3 is 0 Å². The van der Waals surface area contributed by atoms with Crippen LogP contribution >= 0.6 is 0 Å². The molecule has 0 amide bonds. The quantitative estimate of drug-likeness (QED) is 0.599. The summed E-state index contributed by atoms with van der Waals surface area (Å²) in [5.74, 6) is 2.15. The van der Waals surface area contributed by atoms with Crippen molar-refractivity contribution in [3.63, 3.8) is 0 Å². The first-order valence-electron chi connectivity index (χ1n) is 5.02. The molecule has 0 N–H and O–H groups in total. The molecule has 2 aliphatic rings. The minimum Gasteiger partial charge on any atom is -0.352 e. The van der Waals surface area contributed by atoms with Crippen LogP contribution in [0.1, 0.15) is 26.7 Å². The van der Waals surface area contributed by atoms with Crippen molar-refractivity contribution >= 4 is 0 Å². The lowest BCUT2D eigenvalue weighted by atomic mass is 9.82. The first-order valence-corrected chi connectivity index (χ1v) is 5.02. The van der Waals surface area contributed by atoms with Gasteiger partial charge in [0.25, 0.3) is 0 Å². The number of hydrogen-bond acceptors (Lipinski definition) is 2. The van der Waals surface area contributed by atoms with Gasteiger partial charge in [-0.1, -0.05) is 13.8 Å². The topological polar surface area (TPSA) is 18.5 Å². The predicted molar refractivity (Wildman–Crippen MR) is 46.7 cm³/mol. The van der Waals surface area contributed by atoms with E-state index in [4.69, 9.17) is 9.47 Å². The third-order valence-corrected chi connectivity index (χ3v) is 3.17. The fraction of sp³-hybridized carbons (Fsp3) is 1.00. The maximum Gasteiger partial charge on any atom is 0.160 e. The van der Waals surface area contributed by atoms with Crippen molar-refractivity contribution in [3.05, 3.63) is 0 Å². The largest absolute Gasteiger partial charge is 0.352 e. The number of fused-ring (bicyclic) bond motifs is 1. The third-order valence-electron chi connectivity index (χ3n) is 3.17. The van der Waals surface area contributed by atoms with E-state index < -0.39 is 0 Å². The average molecular weight is 170 g/mol. The van der Waals surface area contributed by atoms with E-state index in [9.17, 15) is 0 Å². The van der Waals surface area contributed by atoms with Gasteiger partial charge in [0.1, 0.15) is 0 Å². The Morgan fingerprint density at radius 2 is 2.08 bits per heavy atom. The van der Waals surface area contributed by atoms with Gasteiger partial charge < -0.3 is 9.47 Å². The first kappa shape index (κ1) is 8.52. The van der Waals surface area contributed by atoms with Crippen LogP contribution in [-0.2, 0) is 9.47 Å². The van der Waals surface area contributed by atoms with E-state index in [1.807, 2.05) is 0 Å². The molecule has 3 atom stereocenters. The monoisotopic (exact) mass is 170 g/mol. The zero-order valence-corrected chi connectivity index (χ0v) is 7.95. The highest BCUT2D eigenvalue weighted by Gasteiger charge is 2.40. The molecule has 0 radical (unpaired) electrons. The van der Waals surface area contributed by atoms with Crippen molar-refractivity contribution in [2.45, 2.75) is 33.0 Å². The van der Waals surface area contributed by atoms with Crippen LogP contribution in [-0.4, -0.2) is 19.5 Å². The predicted octanol–water partition coefficient (Wildman–Crippen LogP) is 2.04. The second-order valence-corrected chi connectivity index (χ2v) is 4.29. The SMILES string of the molecule is CC(C)C1CO[C@@H]2OCCC[C@H]12. The van der Waals surface area contributed by atoms with Crippen molar-refractivity contribution in [2.24, 2.45) is 17.8 Å². The molecule has 1 unspecified atom stereocenters. The summed E-state index contributed by atoms with van der Waals surface area (Å²) in [7, 11) is 0. The van der Waals surface area contributed by atoms with Gasteiger partial charge in [-0.25, -0.2) is 0 Å². The average Bonchev–Trinajstić information content (AvgIpc) is 2.47. The van der Waals surface area contributed by atoms with E-state index in [0.717, 1.165) is 25.0 Å². The number of hydrogen-bond donors (Lipinski definition) is 0. The summed E-state index contributed by atoms with van der Waals surface area (Å²) in [4.78, 5) is 0. The Morgan fingerprint density at radius 1 is 1.25 bits per heavy atom. The van der Waals surface area contributed by atoms with Crippen LogP contribution in [0.25, 0.3) is 0 Å². The van der Waals surface area contributed by atoms with Crippen LogP contribution in [0.5, 0.6) is 0 Å². The molecule has 0 aromatic rings. The molecule has 0 bridgehead atoms. The zero-order chi connectivity index (χ0) is 8.55. The number of ether oxygens (including phenoxy) is 2. The summed E-state index contributed by atoms with van der Waals surface area (Å²) in [6, 6.07) is 0. The molecule has 2 fully saturated rings. The Balaban J connectivity index is 2.01. The molecule has 0 aliphatic carbocycles. The minimum atomic E-state index is 0.131. The van der Waals surface area contributed by atoms with Crippen molar-refractivity contribution in [1.82, 2.24) is 0 Å². The van der Waals surface area contributed by atoms with E-state index in [0.29, 0.717) is 5.92 Å². The van der Waals surface area contributed by atoms with Crippen LogP contribution < -0.4 is 0 Å². The molecule has 2 saturated heterocycles. The standard InChI is InChI=1S/C10H18O2/c1-7(2)9-6-12-10-8(9)4-3-5-11-10/h7-10H,3-6H2,1-2H3/t8-,9?,10+/m1/s1. The van der Waals surface area contributed by atoms with Crippen LogP contribution in [0, 0.1) is 17.8 Å². The van der Waals surface area contributed by atoms with Crippen molar-refractivity contribution in [2.75, 3.05) is 13.2 Å². The summed E-state index contributed by atoms with van der Waals surface area (Å²) in [5.41, 5.74) is 0. The Kier molecular flexibility index (Phi) is 2.37. The van der Waals surface area contributed by atoms with Gasteiger partial charge in [0, 0.05) is 12.5 Å². The van der Waals surface area contributed by atoms with Crippen LogP contribution in [0.4, 0.5) is 0 Å². The third kappa shape index (κ3) is 1.38. The Hall–Kier alpha value is -0.0800. The molecule has 0 aromatic carbocycles. The number of rotatable bonds is 1. The summed E-state index contributed by atoms with van der Waals surface area (Å²) < 4.78 is 11.2. The Bertz CT molecular complexity index is 156. The highest BCUT2D eigenvalue weighted by Crippen LogP contribution is 2.38. The smallest absolute Gasteiger partial charge is 0.160 e. The van der Waals surface area contributed by atoms with Gasteiger partial charge in [0.15, 0.2) is 6.29 Å². The molecule has 2 heteroatoms. The summed E-state index contributed by atoms with van der Waals surface area (Å²) in [6.45, 7) is 6.37. The molecule has 0 spiro atoms. The van der Waals surface area contributed by atoms with Gasteiger partial charge in [0.2, 0.25) is 0 Å². The van der Waals surface area contributed by atoms with E-state index in [1.165, 1.54) is 12.8 Å². The van der Waals surface area contributed by atoms with E-state index in [1.54, 1.807) is 0 Å². The van der Waals surface area contributed by atoms with Crippen molar-refractivity contribution in [3.8, 4) is 0 Å². The second kappa shape index (κ2) is 3.35. The second-order valence-electron chi connectivity index (χ2n) is 4.29. The Labute approximate surface area is 74.2 Å². The van der Waals surface area contributed by atoms with Crippen LogP contribution in [0.2, 0.25) is 0 Å². The maximum atomic E-state index is 5.61. The molecule has 0 aromatic heterocycles.